The molecule has 156 valence electrons. The molecule has 0 aliphatic heterocycles. The molecular weight excluding hydrogens is 458 g/mol. The van der Waals surface area contributed by atoms with Crippen LogP contribution in [0.1, 0.15) is 26.7 Å². The summed E-state index contributed by atoms with van der Waals surface area (Å²) in [5.74, 6) is -0.107. The first kappa shape index (κ1) is 23.1. The molecule has 0 spiro atoms. The van der Waals surface area contributed by atoms with Crippen LogP contribution in [-0.4, -0.2) is 26.8 Å². The van der Waals surface area contributed by atoms with Crippen molar-refractivity contribution in [3.8, 4) is 0 Å². The van der Waals surface area contributed by atoms with Gasteiger partial charge in [0.2, 0.25) is 21.8 Å². The number of rotatable bonds is 9. The summed E-state index contributed by atoms with van der Waals surface area (Å²) < 4.78 is 27.6. The zero-order valence-electron chi connectivity index (χ0n) is 16.2. The van der Waals surface area contributed by atoms with Crippen LogP contribution in [0.15, 0.2) is 57.9 Å². The van der Waals surface area contributed by atoms with E-state index in [4.69, 9.17) is 0 Å². The molecule has 0 saturated heterocycles. The van der Waals surface area contributed by atoms with E-state index < -0.39 is 10.0 Å². The Kier molecular flexibility index (Phi) is 8.36. The minimum absolute atomic E-state index is 0.0113. The summed E-state index contributed by atoms with van der Waals surface area (Å²) in [5.41, 5.74) is 1.21. The first-order chi connectivity index (χ1) is 13.7. The molecule has 0 aliphatic rings. The maximum absolute atomic E-state index is 12.2. The molecule has 0 saturated carbocycles. The average Bonchev–Trinajstić information content (AvgIpc) is 2.63. The highest BCUT2D eigenvalue weighted by Gasteiger charge is 2.14. The van der Waals surface area contributed by atoms with Crippen LogP contribution in [0.5, 0.6) is 0 Å². The number of anilines is 2. The Hall–Kier alpha value is -2.23. The van der Waals surface area contributed by atoms with Crippen molar-refractivity contribution in [3.05, 3.63) is 53.0 Å². The first-order valence-corrected chi connectivity index (χ1v) is 11.4. The lowest BCUT2D eigenvalue weighted by Crippen LogP contribution is -2.27. The Balaban J connectivity index is 1.80. The van der Waals surface area contributed by atoms with Gasteiger partial charge in [-0.05, 0) is 54.4 Å². The minimum Gasteiger partial charge on any atom is -0.326 e. The molecular formula is C20H24BrN3O4S. The molecule has 7 nitrogen and oxygen atoms in total. The summed E-state index contributed by atoms with van der Waals surface area (Å²) in [4.78, 5) is 23.9. The van der Waals surface area contributed by atoms with Crippen molar-refractivity contribution in [2.45, 2.75) is 31.6 Å². The lowest BCUT2D eigenvalue weighted by atomic mass is 10.1. The second kappa shape index (κ2) is 10.5. The molecule has 2 amide bonds. The Morgan fingerprint density at radius 3 is 1.93 bits per heavy atom. The smallest absolute Gasteiger partial charge is 0.240 e. The van der Waals surface area contributed by atoms with E-state index in [1.54, 1.807) is 36.4 Å². The molecule has 29 heavy (non-hydrogen) atoms. The summed E-state index contributed by atoms with van der Waals surface area (Å²) in [6, 6.07) is 13.0. The van der Waals surface area contributed by atoms with E-state index >= 15 is 0 Å². The van der Waals surface area contributed by atoms with Gasteiger partial charge in [0.05, 0.1) is 4.90 Å². The highest BCUT2D eigenvalue weighted by molar-refractivity contribution is 9.10. The van der Waals surface area contributed by atoms with Crippen LogP contribution in [0, 0.1) is 5.92 Å². The predicted molar refractivity (Wildman–Crippen MR) is 117 cm³/mol. The molecule has 0 bridgehead atoms. The standard InChI is InChI=1S/C20H24BrN3O4S/c1-14(2)13-20(26)24-17-7-5-16(6-8-17)23-19(25)11-12-22-29(27,28)18-9-3-15(21)4-10-18/h3-10,14,22H,11-13H2,1-2H3,(H,23,25)(H,24,26). The number of sulfonamides is 1. The second-order valence-electron chi connectivity index (χ2n) is 6.87. The van der Waals surface area contributed by atoms with Crippen molar-refractivity contribution in [1.29, 1.82) is 0 Å². The number of hydrogen-bond acceptors (Lipinski definition) is 4. The molecule has 0 aromatic heterocycles. The molecule has 0 heterocycles. The number of nitrogens with one attached hydrogen (secondary N) is 3. The molecule has 0 aliphatic carbocycles. The molecule has 2 aromatic rings. The van der Waals surface area contributed by atoms with Crippen molar-refractivity contribution < 1.29 is 18.0 Å². The second-order valence-corrected chi connectivity index (χ2v) is 9.56. The third-order valence-electron chi connectivity index (χ3n) is 3.81. The Bertz CT molecular complexity index is 943. The van der Waals surface area contributed by atoms with E-state index in [0.29, 0.717) is 17.8 Å². The third-order valence-corrected chi connectivity index (χ3v) is 5.82. The maximum Gasteiger partial charge on any atom is 0.240 e. The van der Waals surface area contributed by atoms with Crippen molar-refractivity contribution in [2.75, 3.05) is 17.2 Å². The van der Waals surface area contributed by atoms with E-state index in [2.05, 4.69) is 31.3 Å². The molecule has 2 rings (SSSR count). The van der Waals surface area contributed by atoms with Crippen molar-refractivity contribution in [2.24, 2.45) is 5.92 Å². The van der Waals surface area contributed by atoms with Gasteiger partial charge in [0.25, 0.3) is 0 Å². The van der Waals surface area contributed by atoms with Crippen LogP contribution < -0.4 is 15.4 Å². The number of carbonyl (C=O) groups excluding carboxylic acids is 2. The van der Waals surface area contributed by atoms with Crippen LogP contribution in [-0.2, 0) is 19.6 Å². The van der Waals surface area contributed by atoms with Crippen LogP contribution in [0.4, 0.5) is 11.4 Å². The summed E-state index contributed by atoms with van der Waals surface area (Å²) in [6.07, 6.45) is 0.428. The fraction of sp³-hybridized carbons (Fsp3) is 0.300. The first-order valence-electron chi connectivity index (χ1n) is 9.11. The zero-order chi connectivity index (χ0) is 21.4. The van der Waals surface area contributed by atoms with Gasteiger partial charge in [-0.15, -0.1) is 0 Å². The maximum atomic E-state index is 12.2. The van der Waals surface area contributed by atoms with Crippen LogP contribution in [0.2, 0.25) is 0 Å². The molecule has 9 heteroatoms. The lowest BCUT2D eigenvalue weighted by Gasteiger charge is -2.10. The van der Waals surface area contributed by atoms with Crippen molar-refractivity contribution >= 4 is 49.1 Å². The summed E-state index contributed by atoms with van der Waals surface area (Å²) in [5, 5.41) is 5.49. The van der Waals surface area contributed by atoms with Crippen molar-refractivity contribution in [1.82, 2.24) is 4.72 Å². The molecule has 3 N–H and O–H groups in total. The Morgan fingerprint density at radius 2 is 1.41 bits per heavy atom. The average molecular weight is 482 g/mol. The largest absolute Gasteiger partial charge is 0.326 e. The molecule has 0 radical (unpaired) electrons. The monoisotopic (exact) mass is 481 g/mol. The topological polar surface area (TPSA) is 104 Å². The van der Waals surface area contributed by atoms with Crippen molar-refractivity contribution in [3.63, 3.8) is 0 Å². The Morgan fingerprint density at radius 1 is 0.897 bits per heavy atom. The molecule has 0 unspecified atom stereocenters. The molecule has 0 fully saturated rings. The van der Waals surface area contributed by atoms with E-state index in [9.17, 15) is 18.0 Å². The number of benzene rings is 2. The highest BCUT2D eigenvalue weighted by atomic mass is 79.9. The normalized spacial score (nSPS) is 11.3. The van der Waals surface area contributed by atoms with Crippen LogP contribution >= 0.6 is 15.9 Å². The molecule has 0 atom stereocenters. The van der Waals surface area contributed by atoms with Crippen LogP contribution in [0.3, 0.4) is 0 Å². The van der Waals surface area contributed by atoms with Gasteiger partial charge in [0.15, 0.2) is 0 Å². The Labute approximate surface area is 179 Å². The highest BCUT2D eigenvalue weighted by Crippen LogP contribution is 2.16. The number of amides is 2. The van der Waals surface area contributed by atoms with Gasteiger partial charge in [-0.2, -0.15) is 0 Å². The minimum atomic E-state index is -3.66. The summed E-state index contributed by atoms with van der Waals surface area (Å²) in [7, 11) is -3.66. The van der Waals surface area contributed by atoms with Gasteiger partial charge >= 0.3 is 0 Å². The predicted octanol–water partition coefficient (Wildman–Crippen LogP) is 3.74. The number of hydrogen-bond donors (Lipinski definition) is 3. The third kappa shape index (κ3) is 7.96. The van der Waals surface area contributed by atoms with Gasteiger partial charge < -0.3 is 10.6 Å². The van der Waals surface area contributed by atoms with Crippen LogP contribution in [0.25, 0.3) is 0 Å². The SMILES string of the molecule is CC(C)CC(=O)Nc1ccc(NC(=O)CCNS(=O)(=O)c2ccc(Br)cc2)cc1. The lowest BCUT2D eigenvalue weighted by molar-refractivity contribution is -0.117. The summed E-state index contributed by atoms with van der Waals surface area (Å²) >= 11 is 3.25. The number of halogens is 1. The fourth-order valence-corrected chi connectivity index (χ4v) is 3.74. The van der Waals surface area contributed by atoms with Gasteiger partial charge in [-0.25, -0.2) is 13.1 Å². The quantitative estimate of drug-likeness (QED) is 0.507. The zero-order valence-corrected chi connectivity index (χ0v) is 18.6. The van der Waals surface area contributed by atoms with E-state index in [1.807, 2.05) is 13.8 Å². The fourth-order valence-electron chi connectivity index (χ4n) is 2.44. The van der Waals surface area contributed by atoms with Gasteiger partial charge in [0.1, 0.15) is 0 Å². The van der Waals surface area contributed by atoms with Gasteiger partial charge in [-0.1, -0.05) is 29.8 Å². The molecule has 2 aromatic carbocycles. The van der Waals surface area contributed by atoms with E-state index in [1.165, 1.54) is 12.1 Å². The summed E-state index contributed by atoms with van der Waals surface area (Å²) in [6.45, 7) is 3.92. The van der Waals surface area contributed by atoms with Gasteiger partial charge in [0, 0.05) is 35.2 Å². The van der Waals surface area contributed by atoms with Gasteiger partial charge in [-0.3, -0.25) is 9.59 Å². The van der Waals surface area contributed by atoms with E-state index in [0.717, 1.165) is 4.47 Å². The number of carbonyl (C=O) groups is 2. The van der Waals surface area contributed by atoms with E-state index in [-0.39, 0.29) is 35.6 Å².